The van der Waals surface area contributed by atoms with E-state index in [0.717, 1.165) is 21.8 Å². The fraction of sp³-hybridized carbons (Fsp3) is 0.278. The molecule has 0 fully saturated rings. The largest absolute Gasteiger partial charge is 0.309 e. The van der Waals surface area contributed by atoms with Crippen molar-refractivity contribution in [2.45, 2.75) is 33.7 Å². The Morgan fingerprint density at radius 2 is 1.85 bits per heavy atom. The van der Waals surface area contributed by atoms with E-state index in [1.54, 1.807) is 29.8 Å². The van der Waals surface area contributed by atoms with Gasteiger partial charge in [-0.25, -0.2) is 14.3 Å². The Morgan fingerprint density at radius 1 is 1.08 bits per heavy atom. The van der Waals surface area contributed by atoms with Gasteiger partial charge in [0.15, 0.2) is 5.82 Å². The standard InChI is InChI=1S/C18H20N6O2/c1-11-6-5-7-15(19-11)20-18(26)14(4)24-17(25)9-8-16(22-24)23-13(3)10-12(2)21-23/h5-10,14H,1-4H3,(H,19,20,26). The predicted molar refractivity (Wildman–Crippen MR) is 97.4 cm³/mol. The highest BCUT2D eigenvalue weighted by atomic mass is 16.2. The van der Waals surface area contributed by atoms with Gasteiger partial charge in [-0.3, -0.25) is 9.59 Å². The summed E-state index contributed by atoms with van der Waals surface area (Å²) in [6.07, 6.45) is 0. The van der Waals surface area contributed by atoms with E-state index in [0.29, 0.717) is 11.6 Å². The Morgan fingerprint density at radius 3 is 2.50 bits per heavy atom. The first-order valence-corrected chi connectivity index (χ1v) is 8.23. The Labute approximate surface area is 150 Å². The third kappa shape index (κ3) is 3.53. The highest BCUT2D eigenvalue weighted by Gasteiger charge is 2.19. The molecule has 0 aliphatic carbocycles. The van der Waals surface area contributed by atoms with E-state index in [-0.39, 0.29) is 11.5 Å². The average molecular weight is 352 g/mol. The second kappa shape index (κ2) is 6.91. The smallest absolute Gasteiger partial charge is 0.267 e. The first-order chi connectivity index (χ1) is 12.3. The van der Waals surface area contributed by atoms with Gasteiger partial charge in [-0.05, 0) is 52.0 Å². The van der Waals surface area contributed by atoms with Crippen molar-refractivity contribution in [1.29, 1.82) is 0 Å². The van der Waals surface area contributed by atoms with Crippen molar-refractivity contribution in [3.63, 3.8) is 0 Å². The second-order valence-corrected chi connectivity index (χ2v) is 6.14. The van der Waals surface area contributed by atoms with Crippen LogP contribution < -0.4 is 10.9 Å². The van der Waals surface area contributed by atoms with E-state index >= 15 is 0 Å². The number of anilines is 1. The maximum absolute atomic E-state index is 12.5. The number of pyridine rings is 1. The second-order valence-electron chi connectivity index (χ2n) is 6.14. The molecule has 3 aromatic rings. The molecule has 1 amide bonds. The maximum atomic E-state index is 12.5. The minimum Gasteiger partial charge on any atom is -0.309 e. The molecule has 0 aliphatic rings. The summed E-state index contributed by atoms with van der Waals surface area (Å²) in [5, 5.41) is 11.4. The summed E-state index contributed by atoms with van der Waals surface area (Å²) in [6.45, 7) is 7.23. The van der Waals surface area contributed by atoms with Crippen LogP contribution in [-0.2, 0) is 4.79 Å². The van der Waals surface area contributed by atoms with E-state index in [9.17, 15) is 9.59 Å². The lowest BCUT2D eigenvalue weighted by molar-refractivity contribution is -0.119. The molecule has 0 radical (unpaired) electrons. The molecule has 0 spiro atoms. The third-order valence-corrected chi connectivity index (χ3v) is 3.92. The van der Waals surface area contributed by atoms with Gasteiger partial charge in [-0.15, -0.1) is 5.10 Å². The van der Waals surface area contributed by atoms with Gasteiger partial charge in [0, 0.05) is 17.5 Å². The summed E-state index contributed by atoms with van der Waals surface area (Å²) in [5.74, 6) is 0.538. The number of aryl methyl sites for hydroxylation is 3. The first-order valence-electron chi connectivity index (χ1n) is 8.23. The molecule has 0 aromatic carbocycles. The van der Waals surface area contributed by atoms with E-state index in [4.69, 9.17) is 0 Å². The minimum atomic E-state index is -0.804. The SMILES string of the molecule is Cc1cccc(NC(=O)C(C)n2nc(-n3nc(C)cc3C)ccc2=O)n1. The van der Waals surface area contributed by atoms with E-state index in [1.165, 1.54) is 6.07 Å². The van der Waals surface area contributed by atoms with Crippen LogP contribution in [0.2, 0.25) is 0 Å². The molecule has 1 unspecified atom stereocenters. The Bertz CT molecular complexity index is 1020. The fourth-order valence-electron chi connectivity index (χ4n) is 2.62. The van der Waals surface area contributed by atoms with Gasteiger partial charge in [0.25, 0.3) is 5.56 Å². The zero-order valence-corrected chi connectivity index (χ0v) is 15.1. The summed E-state index contributed by atoms with van der Waals surface area (Å²) in [5.41, 5.74) is 2.16. The summed E-state index contributed by atoms with van der Waals surface area (Å²) in [7, 11) is 0. The summed E-state index contributed by atoms with van der Waals surface area (Å²) in [6, 6.07) is 9.41. The number of nitrogens with one attached hydrogen (secondary N) is 1. The number of hydrogen-bond acceptors (Lipinski definition) is 5. The molecule has 3 rings (SSSR count). The number of aromatic nitrogens is 5. The summed E-state index contributed by atoms with van der Waals surface area (Å²) < 4.78 is 2.79. The Balaban J connectivity index is 1.90. The van der Waals surface area contributed by atoms with Gasteiger partial charge in [0.1, 0.15) is 11.9 Å². The number of carbonyl (C=O) groups excluding carboxylic acids is 1. The van der Waals surface area contributed by atoms with Crippen LogP contribution in [0, 0.1) is 20.8 Å². The molecular formula is C18H20N6O2. The van der Waals surface area contributed by atoms with E-state index in [1.807, 2.05) is 32.9 Å². The topological polar surface area (TPSA) is 94.7 Å². The fourth-order valence-corrected chi connectivity index (χ4v) is 2.62. The number of rotatable bonds is 4. The van der Waals surface area contributed by atoms with Crippen LogP contribution in [0.5, 0.6) is 0 Å². The Hall–Kier alpha value is -3.29. The highest BCUT2D eigenvalue weighted by molar-refractivity contribution is 5.92. The molecule has 1 atom stereocenters. The zero-order chi connectivity index (χ0) is 18.8. The quantitative estimate of drug-likeness (QED) is 0.774. The van der Waals surface area contributed by atoms with Crippen LogP contribution in [-0.4, -0.2) is 30.5 Å². The molecular weight excluding hydrogens is 332 g/mol. The van der Waals surface area contributed by atoms with Crippen LogP contribution >= 0.6 is 0 Å². The number of nitrogens with zero attached hydrogens (tertiary/aromatic N) is 5. The van der Waals surface area contributed by atoms with Crippen LogP contribution in [0.4, 0.5) is 5.82 Å². The molecule has 0 saturated heterocycles. The molecule has 8 nitrogen and oxygen atoms in total. The van der Waals surface area contributed by atoms with Crippen molar-refractivity contribution in [3.8, 4) is 5.82 Å². The van der Waals surface area contributed by atoms with Crippen LogP contribution in [0.3, 0.4) is 0 Å². The average Bonchev–Trinajstić information content (AvgIpc) is 2.93. The molecule has 0 aliphatic heterocycles. The van der Waals surface area contributed by atoms with Gasteiger partial charge in [0.2, 0.25) is 5.91 Å². The minimum absolute atomic E-state index is 0.366. The molecule has 1 N–H and O–H groups in total. The van der Waals surface area contributed by atoms with Gasteiger partial charge < -0.3 is 5.32 Å². The van der Waals surface area contributed by atoms with Crippen molar-refractivity contribution in [1.82, 2.24) is 24.5 Å². The molecule has 3 heterocycles. The molecule has 8 heteroatoms. The van der Waals surface area contributed by atoms with E-state index < -0.39 is 6.04 Å². The first kappa shape index (κ1) is 17.5. The molecule has 3 aromatic heterocycles. The highest BCUT2D eigenvalue weighted by Crippen LogP contribution is 2.11. The lowest BCUT2D eigenvalue weighted by atomic mass is 10.3. The predicted octanol–water partition coefficient (Wildman–Crippen LogP) is 1.95. The van der Waals surface area contributed by atoms with Crippen LogP contribution in [0.25, 0.3) is 5.82 Å². The van der Waals surface area contributed by atoms with Crippen LogP contribution in [0.15, 0.2) is 41.2 Å². The van der Waals surface area contributed by atoms with Crippen molar-refractivity contribution < 1.29 is 4.79 Å². The number of carbonyl (C=O) groups is 1. The van der Waals surface area contributed by atoms with Crippen LogP contribution in [0.1, 0.15) is 30.0 Å². The molecule has 0 bridgehead atoms. The third-order valence-electron chi connectivity index (χ3n) is 3.92. The maximum Gasteiger partial charge on any atom is 0.267 e. The monoisotopic (exact) mass is 352 g/mol. The number of hydrogen-bond donors (Lipinski definition) is 1. The molecule has 134 valence electrons. The zero-order valence-electron chi connectivity index (χ0n) is 15.1. The van der Waals surface area contributed by atoms with Gasteiger partial charge in [-0.2, -0.15) is 5.10 Å². The molecule has 0 saturated carbocycles. The van der Waals surface area contributed by atoms with Crippen molar-refractivity contribution in [2.24, 2.45) is 0 Å². The van der Waals surface area contributed by atoms with Crippen molar-refractivity contribution in [3.05, 3.63) is 63.8 Å². The lowest BCUT2D eigenvalue weighted by Gasteiger charge is -2.15. The van der Waals surface area contributed by atoms with Gasteiger partial charge in [0.05, 0.1) is 5.69 Å². The van der Waals surface area contributed by atoms with E-state index in [2.05, 4.69) is 20.5 Å². The number of amides is 1. The normalized spacial score (nSPS) is 12.0. The summed E-state index contributed by atoms with van der Waals surface area (Å²) >= 11 is 0. The van der Waals surface area contributed by atoms with Gasteiger partial charge >= 0.3 is 0 Å². The van der Waals surface area contributed by atoms with Crippen molar-refractivity contribution >= 4 is 11.7 Å². The Kier molecular flexibility index (Phi) is 4.66. The van der Waals surface area contributed by atoms with Gasteiger partial charge in [-0.1, -0.05) is 6.07 Å². The van der Waals surface area contributed by atoms with Crippen molar-refractivity contribution in [2.75, 3.05) is 5.32 Å². The summed E-state index contributed by atoms with van der Waals surface area (Å²) in [4.78, 5) is 29.0. The lowest BCUT2D eigenvalue weighted by Crippen LogP contribution is -2.34. The molecule has 26 heavy (non-hydrogen) atoms.